The van der Waals surface area contributed by atoms with E-state index in [2.05, 4.69) is 33.7 Å². The van der Waals surface area contributed by atoms with Gasteiger partial charge in [0.05, 0.1) is 10.4 Å². The Bertz CT molecular complexity index is 599. The zero-order valence-electron chi connectivity index (χ0n) is 10.9. The predicted molar refractivity (Wildman–Crippen MR) is 74.4 cm³/mol. The lowest BCUT2D eigenvalue weighted by Gasteiger charge is -2.38. The Hall–Kier alpha value is -1.29. The number of hydrogen-bond donors (Lipinski definition) is 1. The molecular weight excluding hydrogens is 248 g/mol. The van der Waals surface area contributed by atoms with Gasteiger partial charge in [-0.15, -0.1) is 0 Å². The van der Waals surface area contributed by atoms with Crippen LogP contribution in [-0.4, -0.2) is 28.0 Å². The van der Waals surface area contributed by atoms with Gasteiger partial charge in [-0.3, -0.25) is 0 Å². The third kappa shape index (κ3) is 1.67. The van der Waals surface area contributed by atoms with Crippen LogP contribution in [0.5, 0.6) is 0 Å². The topological polar surface area (TPSA) is 44.8 Å². The van der Waals surface area contributed by atoms with Crippen LogP contribution in [0.4, 0.5) is 5.82 Å². The number of fused-ring (bicyclic) bond motifs is 1. The normalized spacial score (nSPS) is 16.3. The van der Waals surface area contributed by atoms with Gasteiger partial charge < -0.3 is 9.88 Å². The van der Waals surface area contributed by atoms with E-state index in [4.69, 9.17) is 11.6 Å². The van der Waals surface area contributed by atoms with E-state index < -0.39 is 0 Å². The maximum Gasteiger partial charge on any atom is 0.144 e. The van der Waals surface area contributed by atoms with E-state index in [0.29, 0.717) is 0 Å². The summed E-state index contributed by atoms with van der Waals surface area (Å²) in [6, 6.07) is 0. The molecule has 4 nitrogen and oxygen atoms in total. The van der Waals surface area contributed by atoms with Crippen molar-refractivity contribution in [1.82, 2.24) is 15.0 Å². The number of aromatic nitrogens is 3. The minimum absolute atomic E-state index is 0.735. The van der Waals surface area contributed by atoms with Crippen molar-refractivity contribution in [3.05, 3.63) is 16.5 Å². The van der Waals surface area contributed by atoms with Crippen LogP contribution in [0.1, 0.15) is 25.4 Å². The molecule has 1 fully saturated rings. The summed E-state index contributed by atoms with van der Waals surface area (Å²) in [6.07, 6.45) is 0.879. The molecule has 0 atom stereocenters. The minimum atomic E-state index is 0.735. The van der Waals surface area contributed by atoms with Crippen molar-refractivity contribution < 1.29 is 0 Å². The number of aromatic amines is 1. The second-order valence-corrected chi connectivity index (χ2v) is 5.48. The summed E-state index contributed by atoms with van der Waals surface area (Å²) in [5, 5.41) is 1.76. The van der Waals surface area contributed by atoms with Crippen molar-refractivity contribution >= 4 is 28.5 Å². The van der Waals surface area contributed by atoms with Gasteiger partial charge in [-0.2, -0.15) is 0 Å². The molecule has 0 bridgehead atoms. The molecule has 2 aromatic rings. The van der Waals surface area contributed by atoms with Gasteiger partial charge in [0, 0.05) is 18.8 Å². The zero-order valence-corrected chi connectivity index (χ0v) is 11.7. The Labute approximate surface area is 111 Å². The SMILES string of the molecule is CCc1[nH]c2nc(C)nc(N3CC(C)C3)c2c1Cl. The van der Waals surface area contributed by atoms with E-state index in [-0.39, 0.29) is 0 Å². The van der Waals surface area contributed by atoms with E-state index >= 15 is 0 Å². The fraction of sp³-hybridized carbons (Fsp3) is 0.538. The summed E-state index contributed by atoms with van der Waals surface area (Å²) in [4.78, 5) is 14.6. The Balaban J connectivity index is 2.19. The third-order valence-corrected chi connectivity index (χ3v) is 3.89. The van der Waals surface area contributed by atoms with E-state index in [1.807, 2.05) is 6.92 Å². The average Bonchev–Trinajstić information content (AvgIpc) is 2.61. The van der Waals surface area contributed by atoms with Gasteiger partial charge in [0.1, 0.15) is 17.3 Å². The summed E-state index contributed by atoms with van der Waals surface area (Å²) >= 11 is 6.44. The highest BCUT2D eigenvalue weighted by molar-refractivity contribution is 6.37. The second-order valence-electron chi connectivity index (χ2n) is 5.10. The first-order chi connectivity index (χ1) is 8.60. The van der Waals surface area contributed by atoms with Crippen molar-refractivity contribution in [1.29, 1.82) is 0 Å². The van der Waals surface area contributed by atoms with Crippen LogP contribution in [0.3, 0.4) is 0 Å². The van der Waals surface area contributed by atoms with Crippen molar-refractivity contribution in [3.8, 4) is 0 Å². The first kappa shape index (κ1) is 11.8. The highest BCUT2D eigenvalue weighted by Gasteiger charge is 2.27. The predicted octanol–water partition coefficient (Wildman–Crippen LogP) is 2.94. The lowest BCUT2D eigenvalue weighted by molar-refractivity contribution is 0.444. The summed E-state index contributed by atoms with van der Waals surface area (Å²) < 4.78 is 0. The smallest absolute Gasteiger partial charge is 0.144 e. The van der Waals surface area contributed by atoms with Gasteiger partial charge in [0.15, 0.2) is 0 Å². The molecule has 0 aromatic carbocycles. The van der Waals surface area contributed by atoms with E-state index in [0.717, 1.165) is 58.8 Å². The lowest BCUT2D eigenvalue weighted by atomic mass is 10.0. The molecule has 1 saturated heterocycles. The Morgan fingerprint density at radius 3 is 2.72 bits per heavy atom. The Morgan fingerprint density at radius 2 is 2.11 bits per heavy atom. The Kier molecular flexibility index (Phi) is 2.70. The third-order valence-electron chi connectivity index (χ3n) is 3.47. The highest BCUT2D eigenvalue weighted by Crippen LogP contribution is 2.36. The van der Waals surface area contributed by atoms with Gasteiger partial charge in [-0.05, 0) is 19.3 Å². The fourth-order valence-corrected chi connectivity index (χ4v) is 2.90. The van der Waals surface area contributed by atoms with Gasteiger partial charge in [-0.25, -0.2) is 9.97 Å². The van der Waals surface area contributed by atoms with Gasteiger partial charge in [0.25, 0.3) is 0 Å². The van der Waals surface area contributed by atoms with Crippen LogP contribution in [0.25, 0.3) is 11.0 Å². The maximum atomic E-state index is 6.44. The van der Waals surface area contributed by atoms with Crippen molar-refractivity contribution in [3.63, 3.8) is 0 Å². The number of nitrogens with zero attached hydrogens (tertiary/aromatic N) is 3. The van der Waals surface area contributed by atoms with Crippen LogP contribution in [-0.2, 0) is 6.42 Å². The number of rotatable bonds is 2. The summed E-state index contributed by atoms with van der Waals surface area (Å²) in [5.41, 5.74) is 1.90. The first-order valence-corrected chi connectivity index (χ1v) is 6.77. The Morgan fingerprint density at radius 1 is 1.39 bits per heavy atom. The first-order valence-electron chi connectivity index (χ1n) is 6.39. The van der Waals surface area contributed by atoms with Crippen molar-refractivity contribution in [2.45, 2.75) is 27.2 Å². The molecule has 1 aliphatic heterocycles. The van der Waals surface area contributed by atoms with E-state index in [1.54, 1.807) is 0 Å². The maximum absolute atomic E-state index is 6.44. The average molecular weight is 265 g/mol. The molecule has 3 rings (SSSR count). The zero-order chi connectivity index (χ0) is 12.9. The highest BCUT2D eigenvalue weighted by atomic mass is 35.5. The fourth-order valence-electron chi connectivity index (χ4n) is 2.54. The quantitative estimate of drug-likeness (QED) is 0.907. The van der Waals surface area contributed by atoms with E-state index in [9.17, 15) is 0 Å². The molecule has 18 heavy (non-hydrogen) atoms. The molecule has 0 radical (unpaired) electrons. The molecule has 0 saturated carbocycles. The second kappa shape index (κ2) is 4.12. The van der Waals surface area contributed by atoms with Crippen LogP contribution in [0.15, 0.2) is 0 Å². The number of nitrogens with one attached hydrogen (secondary N) is 1. The van der Waals surface area contributed by atoms with Gasteiger partial charge in [-0.1, -0.05) is 25.4 Å². The number of halogens is 1. The molecule has 0 unspecified atom stereocenters. The number of H-pyrrole nitrogens is 1. The molecule has 1 aliphatic rings. The lowest BCUT2D eigenvalue weighted by Crippen LogP contribution is -2.45. The molecule has 3 heterocycles. The van der Waals surface area contributed by atoms with Crippen molar-refractivity contribution in [2.75, 3.05) is 18.0 Å². The number of hydrogen-bond acceptors (Lipinski definition) is 3. The summed E-state index contributed by atoms with van der Waals surface area (Å²) in [7, 11) is 0. The molecule has 0 aliphatic carbocycles. The van der Waals surface area contributed by atoms with Crippen LogP contribution in [0, 0.1) is 12.8 Å². The standard InChI is InChI=1S/C13H17ClN4/c1-4-9-11(14)10-12(17-9)15-8(3)16-13(10)18-5-7(2)6-18/h7H,4-6H2,1-3H3,(H,15,16,17). The van der Waals surface area contributed by atoms with Gasteiger partial charge in [0.2, 0.25) is 0 Å². The molecule has 0 amide bonds. The molecular formula is C13H17ClN4. The molecule has 5 heteroatoms. The molecule has 1 N–H and O–H groups in total. The van der Waals surface area contributed by atoms with Crippen molar-refractivity contribution in [2.24, 2.45) is 5.92 Å². The number of aryl methyl sites for hydroxylation is 2. The van der Waals surface area contributed by atoms with Gasteiger partial charge >= 0.3 is 0 Å². The monoisotopic (exact) mass is 264 g/mol. The minimum Gasteiger partial charge on any atom is -0.355 e. The van der Waals surface area contributed by atoms with Crippen LogP contribution >= 0.6 is 11.6 Å². The van der Waals surface area contributed by atoms with E-state index in [1.165, 1.54) is 0 Å². The molecule has 96 valence electrons. The largest absolute Gasteiger partial charge is 0.355 e. The number of anilines is 1. The van der Waals surface area contributed by atoms with Crippen LogP contribution < -0.4 is 4.90 Å². The molecule has 0 spiro atoms. The summed E-state index contributed by atoms with van der Waals surface area (Å²) in [6.45, 7) is 8.36. The van der Waals surface area contributed by atoms with Crippen LogP contribution in [0.2, 0.25) is 5.02 Å². The molecule has 2 aromatic heterocycles. The summed E-state index contributed by atoms with van der Waals surface area (Å²) in [5.74, 6) is 2.51.